The van der Waals surface area contributed by atoms with Gasteiger partial charge in [-0.1, -0.05) is 19.9 Å². The second-order valence-corrected chi connectivity index (χ2v) is 8.30. The van der Waals surface area contributed by atoms with Crippen LogP contribution in [0.1, 0.15) is 19.4 Å². The van der Waals surface area contributed by atoms with Crippen molar-refractivity contribution < 1.29 is 22.8 Å². The summed E-state index contributed by atoms with van der Waals surface area (Å²) in [5, 5.41) is 2.47. The molecule has 3 amide bonds. The van der Waals surface area contributed by atoms with Gasteiger partial charge in [-0.3, -0.25) is 14.3 Å². The minimum atomic E-state index is -4.52. The van der Waals surface area contributed by atoms with Crippen LogP contribution in [0.25, 0.3) is 5.82 Å². The Hall–Kier alpha value is -3.89. The molecule has 2 aromatic heterocycles. The number of hydrogen-bond acceptors (Lipinski definition) is 4. The van der Waals surface area contributed by atoms with Crippen LogP contribution in [0.2, 0.25) is 0 Å². The Balaban J connectivity index is 1.48. The van der Waals surface area contributed by atoms with Crippen LogP contribution in [0.4, 0.5) is 29.3 Å². The van der Waals surface area contributed by atoms with Crippen LogP contribution in [0.5, 0.6) is 0 Å². The second-order valence-electron chi connectivity index (χ2n) is 8.30. The van der Waals surface area contributed by atoms with Crippen molar-refractivity contribution in [2.45, 2.75) is 26.1 Å². The van der Waals surface area contributed by atoms with E-state index < -0.39 is 17.6 Å². The highest BCUT2D eigenvalue weighted by Crippen LogP contribution is 2.31. The molecule has 11 heteroatoms. The number of imidazole rings is 1. The van der Waals surface area contributed by atoms with Gasteiger partial charge in [0.25, 0.3) is 0 Å². The molecule has 34 heavy (non-hydrogen) atoms. The van der Waals surface area contributed by atoms with E-state index in [4.69, 9.17) is 0 Å². The first-order valence-corrected chi connectivity index (χ1v) is 10.6. The van der Waals surface area contributed by atoms with Gasteiger partial charge in [0.15, 0.2) is 0 Å². The normalized spacial score (nSPS) is 16.4. The fourth-order valence-electron chi connectivity index (χ4n) is 3.85. The Bertz CT molecular complexity index is 1160. The van der Waals surface area contributed by atoms with Gasteiger partial charge in [-0.25, -0.2) is 14.8 Å². The second kappa shape index (κ2) is 9.16. The lowest BCUT2D eigenvalue weighted by atomic mass is 10.0. The minimum absolute atomic E-state index is 0.0173. The van der Waals surface area contributed by atoms with Crippen molar-refractivity contribution in [2.75, 3.05) is 23.3 Å². The topological polar surface area (TPSA) is 83.4 Å². The Labute approximate surface area is 194 Å². The molecular formula is C23H23F3N6O2. The highest BCUT2D eigenvalue weighted by molar-refractivity contribution is 5.99. The van der Waals surface area contributed by atoms with Crippen LogP contribution in [0, 0.1) is 5.92 Å². The van der Waals surface area contributed by atoms with Gasteiger partial charge < -0.3 is 10.2 Å². The van der Waals surface area contributed by atoms with E-state index in [1.165, 1.54) is 17.0 Å². The van der Waals surface area contributed by atoms with Gasteiger partial charge in [-0.05, 0) is 36.2 Å². The molecule has 3 aromatic rings. The van der Waals surface area contributed by atoms with Gasteiger partial charge >= 0.3 is 12.2 Å². The summed E-state index contributed by atoms with van der Waals surface area (Å²) in [5.74, 6) is 0.118. The van der Waals surface area contributed by atoms with E-state index in [0.29, 0.717) is 18.1 Å². The molecule has 178 valence electrons. The fourth-order valence-corrected chi connectivity index (χ4v) is 3.85. The number of carbonyl (C=O) groups excluding carboxylic acids is 2. The van der Waals surface area contributed by atoms with Crippen molar-refractivity contribution in [2.24, 2.45) is 5.92 Å². The fraction of sp³-hybridized carbons (Fsp3) is 0.304. The van der Waals surface area contributed by atoms with Crippen molar-refractivity contribution in [3.05, 3.63) is 66.9 Å². The van der Waals surface area contributed by atoms with Gasteiger partial charge in [-0.15, -0.1) is 0 Å². The van der Waals surface area contributed by atoms with Gasteiger partial charge in [0.1, 0.15) is 18.7 Å². The first-order valence-electron chi connectivity index (χ1n) is 10.6. The maximum absolute atomic E-state index is 13.2. The van der Waals surface area contributed by atoms with Crippen LogP contribution in [0.3, 0.4) is 0 Å². The number of hydrogen-bond donors (Lipinski definition) is 1. The standard InChI is InChI=1S/C23H23F3N6O2/c1-15(2)19-12-31(18-6-7-20(28-11-18)30-9-8-27-14-30)22(34)32(19)13-21(33)29-17-5-3-4-16(10-17)23(24,25)26/h3-11,14-15,19H,12-13H2,1-2H3,(H,29,33)/t19-/m1/s1. The highest BCUT2D eigenvalue weighted by Gasteiger charge is 2.40. The minimum Gasteiger partial charge on any atom is -0.325 e. The number of aromatic nitrogens is 3. The molecule has 0 bridgehead atoms. The average Bonchev–Trinajstić information content (AvgIpc) is 3.43. The first kappa shape index (κ1) is 23.3. The molecule has 3 heterocycles. The van der Waals surface area contributed by atoms with Gasteiger partial charge in [0.2, 0.25) is 5.91 Å². The number of amides is 3. The summed E-state index contributed by atoms with van der Waals surface area (Å²) in [6.45, 7) is 3.97. The van der Waals surface area contributed by atoms with Crippen molar-refractivity contribution in [1.29, 1.82) is 0 Å². The maximum atomic E-state index is 13.2. The number of urea groups is 1. The van der Waals surface area contributed by atoms with E-state index in [9.17, 15) is 22.8 Å². The number of nitrogens with zero attached hydrogens (tertiary/aromatic N) is 5. The molecular weight excluding hydrogens is 449 g/mol. The Morgan fingerprint density at radius 3 is 2.65 bits per heavy atom. The van der Waals surface area contributed by atoms with Crippen molar-refractivity contribution in [3.8, 4) is 5.82 Å². The van der Waals surface area contributed by atoms with Gasteiger partial charge in [0, 0.05) is 24.6 Å². The van der Waals surface area contributed by atoms with E-state index in [1.807, 2.05) is 13.8 Å². The number of benzene rings is 1. The molecule has 1 aliphatic heterocycles. The van der Waals surface area contributed by atoms with Crippen LogP contribution in [0.15, 0.2) is 61.3 Å². The van der Waals surface area contributed by atoms with Crippen molar-refractivity contribution in [1.82, 2.24) is 19.4 Å². The van der Waals surface area contributed by atoms with Crippen LogP contribution >= 0.6 is 0 Å². The Morgan fingerprint density at radius 2 is 2.03 bits per heavy atom. The third kappa shape index (κ3) is 4.87. The maximum Gasteiger partial charge on any atom is 0.416 e. The molecule has 1 atom stereocenters. The monoisotopic (exact) mass is 472 g/mol. The molecule has 0 radical (unpaired) electrons. The van der Waals surface area contributed by atoms with Crippen molar-refractivity contribution in [3.63, 3.8) is 0 Å². The third-order valence-electron chi connectivity index (χ3n) is 5.62. The zero-order chi connectivity index (χ0) is 24.5. The van der Waals surface area contributed by atoms with Crippen LogP contribution < -0.4 is 10.2 Å². The van der Waals surface area contributed by atoms with E-state index in [0.717, 1.165) is 12.1 Å². The highest BCUT2D eigenvalue weighted by atomic mass is 19.4. The van der Waals surface area contributed by atoms with E-state index >= 15 is 0 Å². The summed E-state index contributed by atoms with van der Waals surface area (Å²) in [4.78, 5) is 37.2. The number of carbonyl (C=O) groups is 2. The quantitative estimate of drug-likeness (QED) is 0.583. The summed E-state index contributed by atoms with van der Waals surface area (Å²) in [5.41, 5.74) is -0.260. The average molecular weight is 472 g/mol. The molecule has 8 nitrogen and oxygen atoms in total. The molecule has 1 N–H and O–H groups in total. The largest absolute Gasteiger partial charge is 0.416 e. The van der Waals surface area contributed by atoms with Gasteiger partial charge in [0.05, 0.1) is 23.5 Å². The number of rotatable bonds is 6. The number of alkyl halides is 3. The molecule has 1 aliphatic rings. The molecule has 0 aliphatic carbocycles. The first-order chi connectivity index (χ1) is 16.1. The Kier molecular flexibility index (Phi) is 6.27. The Morgan fingerprint density at radius 1 is 1.24 bits per heavy atom. The number of nitrogens with one attached hydrogen (secondary N) is 1. The molecule has 0 saturated carbocycles. The van der Waals surface area contributed by atoms with Crippen LogP contribution in [-0.4, -0.2) is 50.5 Å². The van der Waals surface area contributed by atoms with Crippen molar-refractivity contribution >= 4 is 23.3 Å². The summed E-state index contributed by atoms with van der Waals surface area (Å²) < 4.78 is 40.6. The lowest BCUT2D eigenvalue weighted by molar-refractivity contribution is -0.137. The van der Waals surface area contributed by atoms with E-state index in [-0.39, 0.29) is 30.2 Å². The molecule has 4 rings (SSSR count). The molecule has 1 fully saturated rings. The number of anilines is 2. The molecule has 0 unspecified atom stereocenters. The zero-order valence-electron chi connectivity index (χ0n) is 18.5. The summed E-state index contributed by atoms with van der Waals surface area (Å²) >= 11 is 0. The zero-order valence-corrected chi connectivity index (χ0v) is 18.5. The summed E-state index contributed by atoms with van der Waals surface area (Å²) in [6.07, 6.45) is 2.06. The molecule has 1 aromatic carbocycles. The summed E-state index contributed by atoms with van der Waals surface area (Å²) in [7, 11) is 0. The molecule has 1 saturated heterocycles. The number of halogens is 3. The lowest BCUT2D eigenvalue weighted by Crippen LogP contribution is -2.42. The lowest BCUT2D eigenvalue weighted by Gasteiger charge is -2.25. The predicted octanol–water partition coefficient (Wildman–Crippen LogP) is 4.19. The third-order valence-corrected chi connectivity index (χ3v) is 5.62. The van der Waals surface area contributed by atoms with E-state index in [1.54, 1.807) is 46.5 Å². The predicted molar refractivity (Wildman–Crippen MR) is 120 cm³/mol. The van der Waals surface area contributed by atoms with E-state index in [2.05, 4.69) is 15.3 Å². The summed E-state index contributed by atoms with van der Waals surface area (Å²) in [6, 6.07) is 7.30. The smallest absolute Gasteiger partial charge is 0.325 e. The molecule has 0 spiro atoms. The van der Waals surface area contributed by atoms with Gasteiger partial charge in [-0.2, -0.15) is 13.2 Å². The SMILES string of the molecule is CC(C)[C@H]1CN(c2ccc(-n3ccnc3)nc2)C(=O)N1CC(=O)Nc1cccc(C(F)(F)F)c1. The number of pyridine rings is 1. The van der Waals surface area contributed by atoms with Crippen LogP contribution in [-0.2, 0) is 11.0 Å².